The average molecular weight is 1280 g/mol. The van der Waals surface area contributed by atoms with Crippen LogP contribution in [0.5, 0.6) is 28.7 Å². The summed E-state index contributed by atoms with van der Waals surface area (Å²) in [5, 5.41) is 11.9. The zero-order chi connectivity index (χ0) is 66.2. The van der Waals surface area contributed by atoms with Crippen LogP contribution in [0.2, 0.25) is 0 Å². The van der Waals surface area contributed by atoms with Gasteiger partial charge in [-0.05, 0) is 114 Å². The number of amides is 6. The number of carbonyl (C=O) groups excluding carboxylic acids is 6. The number of methoxy groups -OCH3 is 3. The number of para-hydroxylation sites is 2. The highest BCUT2D eigenvalue weighted by molar-refractivity contribution is 7.84. The smallest absolute Gasteiger partial charge is 0.335 e. The molecule has 1 fully saturated rings. The molecule has 492 valence electrons. The highest BCUT2D eigenvalue weighted by Crippen LogP contribution is 2.32. The summed E-state index contributed by atoms with van der Waals surface area (Å²) in [6.45, 7) is 4.67. The van der Waals surface area contributed by atoms with Crippen molar-refractivity contribution in [3.8, 4) is 28.7 Å². The number of benzene rings is 5. The summed E-state index contributed by atoms with van der Waals surface area (Å²) < 4.78 is 62.7. The van der Waals surface area contributed by atoms with Crippen molar-refractivity contribution < 1.29 is 75.0 Å². The summed E-state index contributed by atoms with van der Waals surface area (Å²) in [6.07, 6.45) is 0.650. The minimum atomic E-state index is -4.31. The van der Waals surface area contributed by atoms with E-state index in [-0.39, 0.29) is 88.2 Å². The minimum absolute atomic E-state index is 0.00961. The van der Waals surface area contributed by atoms with E-state index in [4.69, 9.17) is 38.7 Å². The molecule has 24 nitrogen and oxygen atoms in total. The van der Waals surface area contributed by atoms with Crippen molar-refractivity contribution >= 4 is 57.4 Å². The van der Waals surface area contributed by atoms with E-state index in [1.807, 2.05) is 63.2 Å². The average Bonchev–Trinajstić information content (AvgIpc) is 1.01. The lowest BCUT2D eigenvalue weighted by molar-refractivity contribution is -0.148. The summed E-state index contributed by atoms with van der Waals surface area (Å²) in [4.78, 5) is 109. The maximum atomic E-state index is 15.7. The summed E-state index contributed by atoms with van der Waals surface area (Å²) in [7, 11) is 0.0437. The number of hydrogen-bond donors (Lipinski definition) is 4. The molecule has 1 aliphatic rings. The molecule has 0 aromatic heterocycles. The predicted molar refractivity (Wildman–Crippen MR) is 341 cm³/mol. The zero-order valence-corrected chi connectivity index (χ0v) is 53.9. The van der Waals surface area contributed by atoms with E-state index < -0.39 is 109 Å². The Labute approximate surface area is 533 Å². The lowest BCUT2D eigenvalue weighted by Crippen LogP contribution is -2.55. The zero-order valence-electron chi connectivity index (χ0n) is 53.0. The fourth-order valence-electron chi connectivity index (χ4n) is 10.1. The van der Waals surface area contributed by atoms with Crippen LogP contribution in [0, 0.1) is 6.92 Å². The number of nitrogens with zero attached hydrogens (tertiary/aromatic N) is 5. The Morgan fingerprint density at radius 1 is 0.659 bits per heavy atom. The van der Waals surface area contributed by atoms with Gasteiger partial charge in [0.2, 0.25) is 35.4 Å². The topological polar surface area (TPSA) is 296 Å². The van der Waals surface area contributed by atoms with E-state index in [1.54, 1.807) is 73.7 Å². The quantitative estimate of drug-likeness (QED) is 0.0379. The van der Waals surface area contributed by atoms with Crippen LogP contribution in [-0.2, 0) is 59.2 Å². The number of aliphatic carboxylic acids is 1. The molecular formula is C66H86N8O16S. The molecule has 6 rings (SSSR count). The van der Waals surface area contributed by atoms with Crippen molar-refractivity contribution in [1.29, 1.82) is 0 Å². The number of carboxylic acids is 1. The second-order valence-electron chi connectivity index (χ2n) is 22.3. The van der Waals surface area contributed by atoms with Crippen molar-refractivity contribution in [2.45, 2.75) is 103 Å². The van der Waals surface area contributed by atoms with Crippen LogP contribution in [-0.4, -0.2) is 180 Å². The maximum absolute atomic E-state index is 15.7. The molecule has 0 bridgehead atoms. The lowest BCUT2D eigenvalue weighted by Gasteiger charge is -2.37. The third-order valence-electron chi connectivity index (χ3n) is 15.3. The Bertz CT molecular complexity index is 3320. The first-order chi connectivity index (χ1) is 43.5. The Balaban J connectivity index is 1.45. The highest BCUT2D eigenvalue weighted by atomic mass is 32.2. The molecule has 1 aliphatic heterocycles. The molecule has 0 unspecified atom stereocenters. The molecule has 0 spiro atoms. The maximum Gasteiger partial charge on any atom is 0.335 e. The van der Waals surface area contributed by atoms with Gasteiger partial charge in [-0.25, -0.2) is 0 Å². The number of rotatable bonds is 29. The minimum Gasteiger partial charge on any atom is -0.497 e. The first-order valence-electron chi connectivity index (χ1n) is 30.2. The number of carbonyl (C=O) groups is 7. The molecular weight excluding hydrogens is 1190 g/mol. The predicted octanol–water partition coefficient (Wildman–Crippen LogP) is 6.36. The normalized spacial score (nSPS) is 16.3. The van der Waals surface area contributed by atoms with Gasteiger partial charge < -0.3 is 64.3 Å². The Kier molecular flexibility index (Phi) is 27.6. The van der Waals surface area contributed by atoms with Crippen LogP contribution in [0.3, 0.4) is 0 Å². The molecule has 5 aromatic rings. The van der Waals surface area contributed by atoms with Crippen LogP contribution in [0.1, 0.15) is 94.1 Å². The van der Waals surface area contributed by atoms with Crippen molar-refractivity contribution in [2.24, 2.45) is 5.73 Å². The molecule has 1 saturated heterocycles. The van der Waals surface area contributed by atoms with Gasteiger partial charge in [0.15, 0.2) is 0 Å². The molecule has 0 saturated carbocycles. The van der Waals surface area contributed by atoms with Gasteiger partial charge in [0.1, 0.15) is 67.0 Å². The van der Waals surface area contributed by atoms with Crippen molar-refractivity contribution in [3.05, 3.63) is 144 Å². The monoisotopic (exact) mass is 1280 g/mol. The van der Waals surface area contributed by atoms with E-state index in [9.17, 15) is 18.0 Å². The van der Waals surface area contributed by atoms with Crippen molar-refractivity contribution in [2.75, 3.05) is 91.8 Å². The van der Waals surface area contributed by atoms with Crippen LogP contribution < -0.4 is 39.6 Å². The highest BCUT2D eigenvalue weighted by Gasteiger charge is 2.36. The van der Waals surface area contributed by atoms with Gasteiger partial charge in [0.25, 0.3) is 0 Å². The first-order valence-corrected chi connectivity index (χ1v) is 31.6. The fourth-order valence-corrected chi connectivity index (χ4v) is 10.9. The molecule has 4 atom stereocenters. The lowest BCUT2D eigenvalue weighted by atomic mass is 9.98. The first kappa shape index (κ1) is 71.5. The Hall–Kier alpha value is -8.62. The SMILES string of the molecule is COc1ccc([C@H](C)N2CC(=O)N([C@@H](CCCOS(=O)(=O)NCCCC[C@H](N)C(=O)O)c3ccc(C)cc3)CC(=O)N[C@H](C)C(=O)N(CCc3ccccc3Oc3ccccc3)CC(=O)N(c3cc(OC)cc(OC)c3)CC(=O)N(CCOC(C)C)CC2=O)cc1. The fraction of sp³-hybridized carbons (Fsp3) is 0.439. The number of ether oxygens (including phenoxy) is 5. The molecule has 91 heavy (non-hydrogen) atoms. The van der Waals surface area contributed by atoms with Crippen molar-refractivity contribution in [3.63, 3.8) is 0 Å². The summed E-state index contributed by atoms with van der Waals surface area (Å²) >= 11 is 0. The molecule has 0 radical (unpaired) electrons. The van der Waals surface area contributed by atoms with Gasteiger partial charge in [0.05, 0.1) is 65.0 Å². The Morgan fingerprint density at radius 3 is 1.93 bits per heavy atom. The second kappa shape index (κ2) is 35.1. The molecule has 25 heteroatoms. The standard InChI is InChI=1S/C66H86N8O16S/c1-45(2)88-36-34-70-41-62(77)72(48(5)49-27-29-53(85-6)30-28-49)44-64(79)74(58(50-25-23-46(3)24-26-50)21-16-35-89-91(83,84)68-32-15-14-20-57(67)66(81)82)40-60(75)69-47(4)65(80)71(33-31-51-17-12-13-22-59(51)90-54-18-10-9-11-19-54)42-63(78)73(43-61(70)76)52-37-55(86-7)39-56(38-52)87-8/h9-13,17-19,22-30,37-39,45,47-48,57-58,68H,14-16,20-21,31-36,40-44,67H2,1-8H3,(H,69,75)(H,81,82)/t47-,48+,57+,58+/m1/s1. The third-order valence-corrected chi connectivity index (χ3v) is 16.3. The number of nitrogens with two attached hydrogens (primary N) is 1. The molecule has 5 N–H and O–H groups in total. The van der Waals surface area contributed by atoms with Gasteiger partial charge in [-0.3, -0.25) is 37.7 Å². The van der Waals surface area contributed by atoms with E-state index in [1.165, 1.54) is 64.9 Å². The molecule has 1 heterocycles. The summed E-state index contributed by atoms with van der Waals surface area (Å²) in [6, 6.07) is 30.7. The van der Waals surface area contributed by atoms with Crippen LogP contribution >= 0.6 is 0 Å². The molecule has 5 aromatic carbocycles. The van der Waals surface area contributed by atoms with Crippen LogP contribution in [0.25, 0.3) is 0 Å². The van der Waals surface area contributed by atoms with Crippen LogP contribution in [0.15, 0.2) is 121 Å². The van der Waals surface area contributed by atoms with E-state index >= 15 is 24.0 Å². The van der Waals surface area contributed by atoms with E-state index in [2.05, 4.69) is 10.0 Å². The number of carboxylic acid groups (broad SMARTS) is 1. The van der Waals surface area contributed by atoms with E-state index in [0.29, 0.717) is 40.4 Å². The van der Waals surface area contributed by atoms with Crippen LogP contribution in [0.4, 0.5) is 5.69 Å². The molecule has 6 amide bonds. The largest absolute Gasteiger partial charge is 0.497 e. The number of aryl methyl sites for hydroxylation is 1. The van der Waals surface area contributed by atoms with Gasteiger partial charge in [0, 0.05) is 37.8 Å². The third kappa shape index (κ3) is 22.1. The number of nitrogens with one attached hydrogen (secondary N) is 2. The van der Waals surface area contributed by atoms with Gasteiger partial charge >= 0.3 is 16.3 Å². The van der Waals surface area contributed by atoms with Gasteiger partial charge in [-0.15, -0.1) is 0 Å². The molecule has 0 aliphatic carbocycles. The Morgan fingerprint density at radius 2 is 1.29 bits per heavy atom. The van der Waals surface area contributed by atoms with Gasteiger partial charge in [-0.1, -0.05) is 84.8 Å². The summed E-state index contributed by atoms with van der Waals surface area (Å²) in [5.41, 5.74) is 8.42. The number of anilines is 1. The summed E-state index contributed by atoms with van der Waals surface area (Å²) in [5.74, 6) is -3.37. The van der Waals surface area contributed by atoms with Gasteiger partial charge in [-0.2, -0.15) is 13.1 Å². The number of unbranched alkanes of at least 4 members (excludes halogenated alkanes) is 1. The number of hydrogen-bond acceptors (Lipinski definition) is 16. The van der Waals surface area contributed by atoms with E-state index in [0.717, 1.165) is 5.56 Å². The second-order valence-corrected chi connectivity index (χ2v) is 23.7. The van der Waals surface area contributed by atoms with Crippen molar-refractivity contribution in [1.82, 2.24) is 29.6 Å².